The van der Waals surface area contributed by atoms with Crippen molar-refractivity contribution in [3.8, 4) is 5.69 Å². The summed E-state index contributed by atoms with van der Waals surface area (Å²) < 4.78 is 1.83. The van der Waals surface area contributed by atoms with Crippen LogP contribution in [-0.4, -0.2) is 25.6 Å². The van der Waals surface area contributed by atoms with Gasteiger partial charge in [-0.2, -0.15) is 0 Å². The number of hydrogen-bond acceptors (Lipinski definition) is 3. The zero-order valence-corrected chi connectivity index (χ0v) is 8.08. The molecule has 2 heterocycles. The number of carboxylic acid groups (broad SMARTS) is 1. The van der Waals surface area contributed by atoms with Crippen LogP contribution in [-0.2, 0) is 0 Å². The Hall–Kier alpha value is -2.17. The van der Waals surface area contributed by atoms with E-state index in [1.165, 1.54) is 12.3 Å². The molecule has 0 saturated carbocycles. The van der Waals surface area contributed by atoms with Gasteiger partial charge < -0.3 is 9.67 Å². The Bertz CT molecular complexity index is 488. The molecule has 0 radical (unpaired) electrons. The topological polar surface area (TPSA) is 68.0 Å². The van der Waals surface area contributed by atoms with Gasteiger partial charge in [0.15, 0.2) is 0 Å². The number of rotatable bonds is 2. The van der Waals surface area contributed by atoms with Crippen LogP contribution >= 0.6 is 0 Å². The summed E-state index contributed by atoms with van der Waals surface area (Å²) in [6, 6.07) is 3.17. The molecule has 5 heteroatoms. The maximum absolute atomic E-state index is 10.6. The normalized spacial score (nSPS) is 10.2. The van der Waals surface area contributed by atoms with Gasteiger partial charge in [0.1, 0.15) is 11.5 Å². The Morgan fingerprint density at radius 3 is 2.67 bits per heavy atom. The van der Waals surface area contributed by atoms with Gasteiger partial charge in [-0.3, -0.25) is 0 Å². The second-order valence-electron chi connectivity index (χ2n) is 3.05. The lowest BCUT2D eigenvalue weighted by Gasteiger charge is -2.03. The molecule has 0 aromatic carbocycles. The van der Waals surface area contributed by atoms with Gasteiger partial charge in [-0.05, 0) is 19.1 Å². The van der Waals surface area contributed by atoms with E-state index >= 15 is 0 Å². The summed E-state index contributed by atoms with van der Waals surface area (Å²) >= 11 is 0. The van der Waals surface area contributed by atoms with E-state index in [4.69, 9.17) is 5.11 Å². The smallest absolute Gasteiger partial charge is 0.354 e. The highest BCUT2D eigenvalue weighted by atomic mass is 16.4. The second kappa shape index (κ2) is 3.53. The van der Waals surface area contributed by atoms with E-state index in [-0.39, 0.29) is 5.69 Å². The van der Waals surface area contributed by atoms with E-state index in [0.29, 0.717) is 0 Å². The minimum absolute atomic E-state index is 0.0384. The van der Waals surface area contributed by atoms with Gasteiger partial charge in [0.05, 0.1) is 11.9 Å². The van der Waals surface area contributed by atoms with Crippen molar-refractivity contribution in [1.82, 2.24) is 14.5 Å². The molecule has 15 heavy (non-hydrogen) atoms. The van der Waals surface area contributed by atoms with Crippen molar-refractivity contribution < 1.29 is 9.90 Å². The first-order valence-electron chi connectivity index (χ1n) is 4.38. The molecule has 0 aliphatic carbocycles. The van der Waals surface area contributed by atoms with Gasteiger partial charge in [-0.1, -0.05) is 0 Å². The van der Waals surface area contributed by atoms with Crippen LogP contribution in [0, 0.1) is 6.92 Å². The lowest BCUT2D eigenvalue weighted by atomic mass is 10.3. The summed E-state index contributed by atoms with van der Waals surface area (Å²) in [4.78, 5) is 18.5. The molecule has 0 saturated heterocycles. The fraction of sp³-hybridized carbons (Fsp3) is 0.100. The number of nitrogens with zero attached hydrogens (tertiary/aromatic N) is 3. The maximum atomic E-state index is 10.6. The molecule has 0 fully saturated rings. The van der Waals surface area contributed by atoms with Crippen LogP contribution in [0.15, 0.2) is 30.7 Å². The van der Waals surface area contributed by atoms with Crippen LogP contribution < -0.4 is 0 Å². The zero-order chi connectivity index (χ0) is 10.8. The summed E-state index contributed by atoms with van der Waals surface area (Å²) in [7, 11) is 0. The third-order valence-electron chi connectivity index (χ3n) is 2.07. The van der Waals surface area contributed by atoms with Crippen molar-refractivity contribution in [1.29, 1.82) is 0 Å². The summed E-state index contributed by atoms with van der Waals surface area (Å²) in [5.74, 6) is -0.191. The number of aryl methyl sites for hydroxylation is 1. The molecule has 0 spiro atoms. The number of carbonyl (C=O) groups is 1. The zero-order valence-electron chi connectivity index (χ0n) is 8.08. The van der Waals surface area contributed by atoms with Crippen LogP contribution in [0.25, 0.3) is 5.69 Å². The third kappa shape index (κ3) is 1.71. The minimum Gasteiger partial charge on any atom is -0.477 e. The summed E-state index contributed by atoms with van der Waals surface area (Å²) in [5.41, 5.74) is 0.839. The van der Waals surface area contributed by atoms with E-state index < -0.39 is 5.97 Å². The van der Waals surface area contributed by atoms with E-state index in [2.05, 4.69) is 9.97 Å². The van der Waals surface area contributed by atoms with Crippen molar-refractivity contribution in [2.75, 3.05) is 0 Å². The van der Waals surface area contributed by atoms with Gasteiger partial charge in [0.25, 0.3) is 0 Å². The van der Waals surface area contributed by atoms with Gasteiger partial charge in [0, 0.05) is 12.4 Å². The summed E-state index contributed by atoms with van der Waals surface area (Å²) in [6.45, 7) is 1.87. The van der Waals surface area contributed by atoms with Gasteiger partial charge in [0.2, 0.25) is 0 Å². The fourth-order valence-electron chi connectivity index (χ4n) is 1.31. The van der Waals surface area contributed by atoms with Gasteiger partial charge >= 0.3 is 5.97 Å². The minimum atomic E-state index is -1.02. The standard InChI is InChI=1S/C10H9N3O2/c1-7-11-4-5-13(7)8-2-3-9(10(14)15)12-6-8/h2-6H,1H3,(H,14,15). The van der Waals surface area contributed by atoms with Crippen molar-refractivity contribution in [3.05, 3.63) is 42.2 Å². The molecule has 2 rings (SSSR count). The first-order chi connectivity index (χ1) is 7.18. The first-order valence-corrected chi connectivity index (χ1v) is 4.38. The first kappa shape index (κ1) is 9.39. The molecule has 76 valence electrons. The number of pyridine rings is 1. The van der Waals surface area contributed by atoms with Crippen LogP contribution in [0.3, 0.4) is 0 Å². The summed E-state index contributed by atoms with van der Waals surface area (Å²) in [6.07, 6.45) is 4.99. The van der Waals surface area contributed by atoms with E-state index in [9.17, 15) is 4.79 Å². The lowest BCUT2D eigenvalue weighted by molar-refractivity contribution is 0.0690. The summed E-state index contributed by atoms with van der Waals surface area (Å²) in [5, 5.41) is 8.68. The molecule has 0 atom stereocenters. The number of carboxylic acids is 1. The number of imidazole rings is 1. The van der Waals surface area contributed by atoms with Crippen LogP contribution in [0.5, 0.6) is 0 Å². The number of aromatic nitrogens is 3. The highest BCUT2D eigenvalue weighted by Gasteiger charge is 2.05. The van der Waals surface area contributed by atoms with Gasteiger partial charge in [-0.25, -0.2) is 14.8 Å². The van der Waals surface area contributed by atoms with E-state index in [0.717, 1.165) is 11.5 Å². The Balaban J connectivity index is 2.40. The molecule has 2 aromatic rings. The Labute approximate surface area is 86.0 Å². The second-order valence-corrected chi connectivity index (χ2v) is 3.05. The molecular formula is C10H9N3O2. The average molecular weight is 203 g/mol. The molecule has 0 aliphatic heterocycles. The predicted octanol–water partition coefficient (Wildman–Crippen LogP) is 1.27. The average Bonchev–Trinajstić information content (AvgIpc) is 2.65. The fourth-order valence-corrected chi connectivity index (χ4v) is 1.31. The Kier molecular flexibility index (Phi) is 2.21. The lowest BCUT2D eigenvalue weighted by Crippen LogP contribution is -2.02. The van der Waals surface area contributed by atoms with Crippen molar-refractivity contribution in [2.45, 2.75) is 6.92 Å². The molecular weight excluding hydrogens is 194 g/mol. The highest BCUT2D eigenvalue weighted by Crippen LogP contribution is 2.09. The third-order valence-corrected chi connectivity index (χ3v) is 2.07. The van der Waals surface area contributed by atoms with Gasteiger partial charge in [-0.15, -0.1) is 0 Å². The number of aromatic carboxylic acids is 1. The Morgan fingerprint density at radius 1 is 1.40 bits per heavy atom. The van der Waals surface area contributed by atoms with Crippen LogP contribution in [0.2, 0.25) is 0 Å². The van der Waals surface area contributed by atoms with Crippen molar-refractivity contribution >= 4 is 5.97 Å². The van der Waals surface area contributed by atoms with Crippen molar-refractivity contribution in [2.24, 2.45) is 0 Å². The predicted molar refractivity (Wildman–Crippen MR) is 53.1 cm³/mol. The van der Waals surface area contributed by atoms with E-state index in [1.807, 2.05) is 11.5 Å². The Morgan fingerprint density at radius 2 is 2.20 bits per heavy atom. The highest BCUT2D eigenvalue weighted by molar-refractivity contribution is 5.85. The number of hydrogen-bond donors (Lipinski definition) is 1. The SMILES string of the molecule is Cc1nccn1-c1ccc(C(=O)O)nc1. The van der Waals surface area contributed by atoms with E-state index in [1.54, 1.807) is 18.5 Å². The molecule has 2 aromatic heterocycles. The van der Waals surface area contributed by atoms with Crippen molar-refractivity contribution in [3.63, 3.8) is 0 Å². The molecule has 0 aliphatic rings. The monoisotopic (exact) mass is 203 g/mol. The quantitative estimate of drug-likeness (QED) is 0.798. The molecule has 5 nitrogen and oxygen atoms in total. The maximum Gasteiger partial charge on any atom is 0.354 e. The molecule has 0 unspecified atom stereocenters. The molecule has 0 bridgehead atoms. The largest absolute Gasteiger partial charge is 0.477 e. The molecule has 1 N–H and O–H groups in total. The van der Waals surface area contributed by atoms with Crippen LogP contribution in [0.1, 0.15) is 16.3 Å². The van der Waals surface area contributed by atoms with Crippen LogP contribution in [0.4, 0.5) is 0 Å². The molecule has 0 amide bonds.